The summed E-state index contributed by atoms with van der Waals surface area (Å²) in [5.41, 5.74) is 9.45. The fourth-order valence-corrected chi connectivity index (χ4v) is 2.28. The van der Waals surface area contributed by atoms with Crippen molar-refractivity contribution < 1.29 is 9.90 Å². The van der Waals surface area contributed by atoms with E-state index in [0.29, 0.717) is 0 Å². The van der Waals surface area contributed by atoms with Crippen molar-refractivity contribution >= 4 is 5.97 Å². The predicted octanol–water partition coefficient (Wildman–Crippen LogP) is 1.71. The molecule has 2 atom stereocenters. The van der Waals surface area contributed by atoms with Crippen molar-refractivity contribution in [3.63, 3.8) is 0 Å². The zero-order chi connectivity index (χ0) is 13.9. The molecule has 1 aromatic carbocycles. The molecule has 0 aliphatic carbocycles. The van der Waals surface area contributed by atoms with E-state index in [1.165, 1.54) is 0 Å². The Morgan fingerprint density at radius 1 is 1.39 bits per heavy atom. The maximum atomic E-state index is 10.8. The lowest BCUT2D eigenvalue weighted by atomic mass is 9.92. The number of nitrogens with zero attached hydrogens (tertiary/aromatic N) is 1. The smallest absolute Gasteiger partial charge is 0.304 e. The van der Waals surface area contributed by atoms with Crippen molar-refractivity contribution in [3.8, 4) is 0 Å². The van der Waals surface area contributed by atoms with Gasteiger partial charge in [-0.25, -0.2) is 0 Å². The largest absolute Gasteiger partial charge is 0.481 e. The SMILES string of the molecule is Cc1ccc(C)c(C(C(N)CC(=O)O)N(C)C)c1. The van der Waals surface area contributed by atoms with Gasteiger partial charge in [-0.05, 0) is 39.1 Å². The standard InChI is InChI=1S/C14H22N2O2/c1-9-5-6-10(2)11(7-9)14(16(3)4)12(15)8-13(17)18/h5-7,12,14H,8,15H2,1-4H3,(H,17,18). The average Bonchev–Trinajstić information content (AvgIpc) is 2.21. The van der Waals surface area contributed by atoms with Crippen LogP contribution >= 0.6 is 0 Å². The molecule has 4 nitrogen and oxygen atoms in total. The van der Waals surface area contributed by atoms with Crippen LogP contribution in [0.3, 0.4) is 0 Å². The zero-order valence-electron chi connectivity index (χ0n) is 11.5. The Balaban J connectivity index is 3.11. The molecule has 100 valence electrons. The Labute approximate surface area is 108 Å². The number of aliphatic carboxylic acids is 1. The summed E-state index contributed by atoms with van der Waals surface area (Å²) < 4.78 is 0. The van der Waals surface area contributed by atoms with Gasteiger partial charge in [0.1, 0.15) is 0 Å². The lowest BCUT2D eigenvalue weighted by Gasteiger charge is -2.31. The summed E-state index contributed by atoms with van der Waals surface area (Å²) >= 11 is 0. The number of nitrogens with two attached hydrogens (primary N) is 1. The molecule has 18 heavy (non-hydrogen) atoms. The molecule has 0 spiro atoms. The monoisotopic (exact) mass is 250 g/mol. The first-order chi connectivity index (χ1) is 8.32. The van der Waals surface area contributed by atoms with Gasteiger partial charge in [0.25, 0.3) is 0 Å². The molecule has 0 aliphatic heterocycles. The normalized spacial score (nSPS) is 14.6. The average molecular weight is 250 g/mol. The van der Waals surface area contributed by atoms with Crippen molar-refractivity contribution in [2.45, 2.75) is 32.4 Å². The Morgan fingerprint density at radius 2 is 2.00 bits per heavy atom. The predicted molar refractivity (Wildman–Crippen MR) is 72.6 cm³/mol. The Hall–Kier alpha value is -1.39. The lowest BCUT2D eigenvalue weighted by Crippen LogP contribution is -2.39. The highest BCUT2D eigenvalue weighted by atomic mass is 16.4. The minimum atomic E-state index is -0.861. The first kappa shape index (κ1) is 14.7. The summed E-state index contributed by atoms with van der Waals surface area (Å²) in [6, 6.07) is 5.68. The third kappa shape index (κ3) is 3.55. The molecule has 1 aromatic rings. The second-order valence-electron chi connectivity index (χ2n) is 5.03. The maximum absolute atomic E-state index is 10.8. The van der Waals surface area contributed by atoms with E-state index >= 15 is 0 Å². The summed E-state index contributed by atoms with van der Waals surface area (Å²) in [7, 11) is 3.85. The van der Waals surface area contributed by atoms with Gasteiger partial charge in [-0.1, -0.05) is 23.8 Å². The van der Waals surface area contributed by atoms with Gasteiger partial charge in [0, 0.05) is 6.04 Å². The molecule has 1 rings (SSSR count). The number of rotatable bonds is 5. The van der Waals surface area contributed by atoms with E-state index < -0.39 is 12.0 Å². The summed E-state index contributed by atoms with van der Waals surface area (Å²) in [6.07, 6.45) is -0.0315. The second kappa shape index (κ2) is 5.98. The molecule has 3 N–H and O–H groups in total. The van der Waals surface area contributed by atoms with Gasteiger partial charge in [-0.15, -0.1) is 0 Å². The van der Waals surface area contributed by atoms with Gasteiger partial charge in [0.05, 0.1) is 12.5 Å². The molecule has 0 bridgehead atoms. The highest BCUT2D eigenvalue weighted by molar-refractivity contribution is 5.67. The molecule has 0 aromatic heterocycles. The zero-order valence-corrected chi connectivity index (χ0v) is 11.5. The van der Waals surface area contributed by atoms with E-state index in [9.17, 15) is 4.79 Å². The fourth-order valence-electron chi connectivity index (χ4n) is 2.28. The Morgan fingerprint density at radius 3 is 2.50 bits per heavy atom. The molecular weight excluding hydrogens is 228 g/mol. The summed E-state index contributed by atoms with van der Waals surface area (Å²) in [5.74, 6) is -0.861. The van der Waals surface area contributed by atoms with Gasteiger partial charge in [0.2, 0.25) is 0 Å². The van der Waals surface area contributed by atoms with Crippen LogP contribution in [0.1, 0.15) is 29.2 Å². The summed E-state index contributed by atoms with van der Waals surface area (Å²) in [5, 5.41) is 8.89. The minimum Gasteiger partial charge on any atom is -0.481 e. The van der Waals surface area contributed by atoms with Crippen molar-refractivity contribution in [1.29, 1.82) is 0 Å². The number of benzene rings is 1. The summed E-state index contributed by atoms with van der Waals surface area (Å²) in [6.45, 7) is 4.05. The molecular formula is C14H22N2O2. The molecule has 0 saturated heterocycles. The maximum Gasteiger partial charge on any atom is 0.304 e. The van der Waals surface area contributed by atoms with Gasteiger partial charge in [0.15, 0.2) is 0 Å². The molecule has 0 aliphatic rings. The molecule has 0 saturated carbocycles. The van der Waals surface area contributed by atoms with Crippen molar-refractivity contribution in [2.24, 2.45) is 5.73 Å². The third-order valence-corrected chi connectivity index (χ3v) is 3.13. The molecule has 0 radical (unpaired) electrons. The highest BCUT2D eigenvalue weighted by Gasteiger charge is 2.25. The van der Waals surface area contributed by atoms with Crippen LogP contribution in [0, 0.1) is 13.8 Å². The van der Waals surface area contributed by atoms with Crippen LogP contribution in [-0.4, -0.2) is 36.1 Å². The molecule has 2 unspecified atom stereocenters. The van der Waals surface area contributed by atoms with E-state index in [-0.39, 0.29) is 12.5 Å². The summed E-state index contributed by atoms with van der Waals surface area (Å²) in [4.78, 5) is 12.8. The van der Waals surface area contributed by atoms with Crippen LogP contribution in [0.2, 0.25) is 0 Å². The number of carboxylic acids is 1. The van der Waals surface area contributed by atoms with Crippen LogP contribution in [0.15, 0.2) is 18.2 Å². The lowest BCUT2D eigenvalue weighted by molar-refractivity contribution is -0.137. The van der Waals surface area contributed by atoms with Gasteiger partial charge in [-0.2, -0.15) is 0 Å². The fraction of sp³-hybridized carbons (Fsp3) is 0.500. The van der Waals surface area contributed by atoms with Gasteiger partial charge >= 0.3 is 5.97 Å². The van der Waals surface area contributed by atoms with E-state index in [2.05, 4.69) is 12.1 Å². The Bertz CT molecular complexity index is 430. The topological polar surface area (TPSA) is 66.6 Å². The van der Waals surface area contributed by atoms with E-state index in [1.54, 1.807) is 0 Å². The quantitative estimate of drug-likeness (QED) is 0.835. The van der Waals surface area contributed by atoms with Crippen LogP contribution in [0.4, 0.5) is 0 Å². The van der Waals surface area contributed by atoms with Crippen molar-refractivity contribution in [1.82, 2.24) is 4.90 Å². The van der Waals surface area contributed by atoms with Crippen LogP contribution in [0.5, 0.6) is 0 Å². The highest BCUT2D eigenvalue weighted by Crippen LogP contribution is 2.26. The van der Waals surface area contributed by atoms with E-state index in [0.717, 1.165) is 16.7 Å². The number of hydrogen-bond donors (Lipinski definition) is 2. The van der Waals surface area contributed by atoms with Gasteiger partial charge < -0.3 is 15.7 Å². The van der Waals surface area contributed by atoms with Crippen LogP contribution in [0.25, 0.3) is 0 Å². The first-order valence-electron chi connectivity index (χ1n) is 6.04. The molecule has 0 amide bonds. The molecule has 4 heteroatoms. The number of aryl methyl sites for hydroxylation is 2. The number of likely N-dealkylation sites (N-methyl/N-ethyl adjacent to an activating group) is 1. The van der Waals surface area contributed by atoms with E-state index in [4.69, 9.17) is 10.8 Å². The third-order valence-electron chi connectivity index (χ3n) is 3.13. The first-order valence-corrected chi connectivity index (χ1v) is 6.04. The Kier molecular flexibility index (Phi) is 4.87. The molecule has 0 heterocycles. The number of carbonyl (C=O) groups is 1. The number of hydrogen-bond acceptors (Lipinski definition) is 3. The minimum absolute atomic E-state index is 0.0315. The van der Waals surface area contributed by atoms with E-state index in [1.807, 2.05) is 38.9 Å². The van der Waals surface area contributed by atoms with Crippen molar-refractivity contribution in [3.05, 3.63) is 34.9 Å². The van der Waals surface area contributed by atoms with Crippen LogP contribution < -0.4 is 5.73 Å². The number of carboxylic acid groups (broad SMARTS) is 1. The van der Waals surface area contributed by atoms with Crippen LogP contribution in [-0.2, 0) is 4.79 Å². The van der Waals surface area contributed by atoms with Crippen molar-refractivity contribution in [2.75, 3.05) is 14.1 Å². The van der Waals surface area contributed by atoms with Gasteiger partial charge in [-0.3, -0.25) is 4.79 Å². The molecule has 0 fully saturated rings. The second-order valence-corrected chi connectivity index (χ2v) is 5.03.